The van der Waals surface area contributed by atoms with Gasteiger partial charge < -0.3 is 10.1 Å². The largest absolute Gasteiger partial charge is 0.383 e. The number of benzene rings is 2. The minimum atomic E-state index is -3.60. The van der Waals surface area contributed by atoms with Gasteiger partial charge in [0.05, 0.1) is 17.2 Å². The van der Waals surface area contributed by atoms with Crippen LogP contribution in [-0.2, 0) is 21.2 Å². The van der Waals surface area contributed by atoms with E-state index in [1.807, 2.05) is 6.92 Å². The normalized spacial score (nSPS) is 14.8. The van der Waals surface area contributed by atoms with Crippen molar-refractivity contribution in [3.05, 3.63) is 59.7 Å². The van der Waals surface area contributed by atoms with E-state index in [1.54, 1.807) is 55.6 Å². The van der Waals surface area contributed by atoms with E-state index >= 15 is 0 Å². The zero-order valence-electron chi connectivity index (χ0n) is 14.8. The number of carbonyl (C=O) groups excluding carboxylic acids is 1. The zero-order chi connectivity index (χ0) is 18.7. The summed E-state index contributed by atoms with van der Waals surface area (Å²) >= 11 is 0. The molecule has 1 heterocycles. The first-order valence-electron chi connectivity index (χ1n) is 8.44. The number of fused-ring (bicyclic) bond motifs is 1. The molecule has 1 aliphatic heterocycles. The van der Waals surface area contributed by atoms with Crippen molar-refractivity contribution in [1.29, 1.82) is 0 Å². The standard InChI is InChI=1S/C19H22N2O4S/c1-14(13-25-2)20-19(22)16-8-9-18-15(12-16)10-11-21(18)26(23,24)17-6-4-3-5-7-17/h3-9,12,14H,10-11,13H2,1-2H3,(H,20,22)/t14-/m0/s1. The molecule has 2 aromatic rings. The Hall–Kier alpha value is -2.38. The Bertz CT molecular complexity index is 897. The van der Waals surface area contributed by atoms with Crippen LogP contribution in [0.1, 0.15) is 22.8 Å². The zero-order valence-corrected chi connectivity index (χ0v) is 15.6. The van der Waals surface area contributed by atoms with Gasteiger partial charge in [-0.2, -0.15) is 0 Å². The van der Waals surface area contributed by atoms with Crippen LogP contribution in [0.5, 0.6) is 0 Å². The fraction of sp³-hybridized carbons (Fsp3) is 0.316. The molecule has 1 atom stereocenters. The van der Waals surface area contributed by atoms with Gasteiger partial charge in [0.15, 0.2) is 0 Å². The second-order valence-corrected chi connectivity index (χ2v) is 8.18. The molecule has 0 fully saturated rings. The number of rotatable bonds is 6. The van der Waals surface area contributed by atoms with E-state index in [9.17, 15) is 13.2 Å². The monoisotopic (exact) mass is 374 g/mol. The van der Waals surface area contributed by atoms with Gasteiger partial charge in [0.1, 0.15) is 0 Å². The van der Waals surface area contributed by atoms with Gasteiger partial charge in [-0.1, -0.05) is 18.2 Å². The van der Waals surface area contributed by atoms with Crippen molar-refractivity contribution in [3.63, 3.8) is 0 Å². The van der Waals surface area contributed by atoms with Crippen LogP contribution in [0, 0.1) is 0 Å². The van der Waals surface area contributed by atoms with Crippen molar-refractivity contribution in [2.24, 2.45) is 0 Å². The first kappa shape index (κ1) is 18.4. The van der Waals surface area contributed by atoms with Crippen molar-refractivity contribution in [2.45, 2.75) is 24.3 Å². The molecule has 0 spiro atoms. The Balaban J connectivity index is 1.84. The highest BCUT2D eigenvalue weighted by atomic mass is 32.2. The van der Waals surface area contributed by atoms with Gasteiger partial charge in [-0.15, -0.1) is 0 Å². The van der Waals surface area contributed by atoms with E-state index in [0.29, 0.717) is 30.8 Å². The number of ether oxygens (including phenoxy) is 1. The fourth-order valence-corrected chi connectivity index (χ4v) is 4.61. The van der Waals surface area contributed by atoms with Crippen molar-refractivity contribution < 1.29 is 17.9 Å². The number of carbonyl (C=O) groups is 1. The van der Waals surface area contributed by atoms with Gasteiger partial charge in [0, 0.05) is 25.3 Å². The minimum Gasteiger partial charge on any atom is -0.383 e. The van der Waals surface area contributed by atoms with Gasteiger partial charge in [0.2, 0.25) is 0 Å². The molecule has 0 saturated carbocycles. The van der Waals surface area contributed by atoms with Crippen LogP contribution in [0.2, 0.25) is 0 Å². The van der Waals surface area contributed by atoms with Crippen LogP contribution in [0.3, 0.4) is 0 Å². The van der Waals surface area contributed by atoms with Crippen molar-refractivity contribution in [3.8, 4) is 0 Å². The predicted octanol–water partition coefficient (Wildman–Crippen LogP) is 2.20. The summed E-state index contributed by atoms with van der Waals surface area (Å²) in [6, 6.07) is 13.4. The first-order valence-corrected chi connectivity index (χ1v) is 9.88. The molecule has 1 N–H and O–H groups in total. The Labute approximate surface area is 153 Å². The molecule has 0 aliphatic carbocycles. The SMILES string of the molecule is COC[C@H](C)NC(=O)c1ccc2c(c1)CCN2S(=O)(=O)c1ccccc1. The van der Waals surface area contributed by atoms with Crippen LogP contribution in [0.15, 0.2) is 53.4 Å². The molecule has 26 heavy (non-hydrogen) atoms. The van der Waals surface area contributed by atoms with E-state index in [0.717, 1.165) is 5.56 Å². The van der Waals surface area contributed by atoms with Crippen molar-refractivity contribution in [2.75, 3.05) is 24.6 Å². The summed E-state index contributed by atoms with van der Waals surface area (Å²) in [6.45, 7) is 2.67. The lowest BCUT2D eigenvalue weighted by atomic mass is 10.1. The maximum absolute atomic E-state index is 12.9. The third-order valence-corrected chi connectivity index (χ3v) is 6.15. The highest BCUT2D eigenvalue weighted by Gasteiger charge is 2.31. The summed E-state index contributed by atoms with van der Waals surface area (Å²) in [5.74, 6) is -0.193. The number of anilines is 1. The number of amides is 1. The number of hydrogen-bond acceptors (Lipinski definition) is 4. The van der Waals surface area contributed by atoms with E-state index in [1.165, 1.54) is 4.31 Å². The second-order valence-electron chi connectivity index (χ2n) is 6.31. The van der Waals surface area contributed by atoms with Gasteiger partial charge in [-0.05, 0) is 49.2 Å². The van der Waals surface area contributed by atoms with Gasteiger partial charge in [-0.3, -0.25) is 9.10 Å². The minimum absolute atomic E-state index is 0.101. The first-order chi connectivity index (χ1) is 12.4. The lowest BCUT2D eigenvalue weighted by Gasteiger charge is -2.20. The highest BCUT2D eigenvalue weighted by molar-refractivity contribution is 7.92. The molecule has 0 bridgehead atoms. The van der Waals surface area contributed by atoms with Crippen molar-refractivity contribution >= 4 is 21.6 Å². The van der Waals surface area contributed by atoms with Crippen LogP contribution in [0.25, 0.3) is 0 Å². The average molecular weight is 374 g/mol. The van der Waals surface area contributed by atoms with Crippen LogP contribution < -0.4 is 9.62 Å². The van der Waals surface area contributed by atoms with E-state index < -0.39 is 10.0 Å². The molecule has 0 aromatic heterocycles. The molecular weight excluding hydrogens is 352 g/mol. The molecular formula is C19H22N2O4S. The molecule has 7 heteroatoms. The van der Waals surface area contributed by atoms with Crippen LogP contribution >= 0.6 is 0 Å². The Morgan fingerprint density at radius 3 is 2.65 bits per heavy atom. The fourth-order valence-electron chi connectivity index (χ4n) is 3.08. The molecule has 6 nitrogen and oxygen atoms in total. The van der Waals surface area contributed by atoms with E-state index in [4.69, 9.17) is 4.74 Å². The lowest BCUT2D eigenvalue weighted by molar-refractivity contribution is 0.0905. The van der Waals surface area contributed by atoms with E-state index in [2.05, 4.69) is 5.32 Å². The maximum atomic E-state index is 12.9. The van der Waals surface area contributed by atoms with Gasteiger partial charge >= 0.3 is 0 Å². The molecule has 0 unspecified atom stereocenters. The third kappa shape index (κ3) is 3.59. The average Bonchev–Trinajstić information content (AvgIpc) is 3.06. The quantitative estimate of drug-likeness (QED) is 0.841. The van der Waals surface area contributed by atoms with Crippen molar-refractivity contribution in [1.82, 2.24) is 5.32 Å². The summed E-state index contributed by atoms with van der Waals surface area (Å²) in [7, 11) is -2.01. The topological polar surface area (TPSA) is 75.7 Å². The molecule has 0 radical (unpaired) electrons. The molecule has 3 rings (SSSR count). The van der Waals surface area contributed by atoms with Gasteiger partial charge in [0.25, 0.3) is 15.9 Å². The molecule has 0 saturated heterocycles. The molecule has 1 amide bonds. The Morgan fingerprint density at radius 2 is 1.96 bits per heavy atom. The van der Waals surface area contributed by atoms with Crippen LogP contribution in [0.4, 0.5) is 5.69 Å². The molecule has 1 aliphatic rings. The summed E-state index contributed by atoms with van der Waals surface area (Å²) in [5, 5.41) is 2.86. The lowest BCUT2D eigenvalue weighted by Crippen LogP contribution is -2.35. The van der Waals surface area contributed by atoms with Crippen LogP contribution in [-0.4, -0.2) is 40.6 Å². The number of sulfonamides is 1. The maximum Gasteiger partial charge on any atom is 0.264 e. The van der Waals surface area contributed by atoms with E-state index in [-0.39, 0.29) is 16.8 Å². The number of methoxy groups -OCH3 is 1. The Kier molecular flexibility index (Phi) is 5.29. The summed E-state index contributed by atoms with van der Waals surface area (Å²) in [4.78, 5) is 12.6. The Morgan fingerprint density at radius 1 is 1.23 bits per heavy atom. The number of hydrogen-bond donors (Lipinski definition) is 1. The second kappa shape index (κ2) is 7.47. The smallest absolute Gasteiger partial charge is 0.264 e. The molecule has 138 valence electrons. The number of nitrogens with one attached hydrogen (secondary N) is 1. The molecule has 2 aromatic carbocycles. The summed E-state index contributed by atoms with van der Waals surface area (Å²) in [6.07, 6.45) is 0.580. The highest BCUT2D eigenvalue weighted by Crippen LogP contribution is 2.33. The van der Waals surface area contributed by atoms with Gasteiger partial charge in [-0.25, -0.2) is 8.42 Å². The third-order valence-electron chi connectivity index (χ3n) is 4.32. The summed E-state index contributed by atoms with van der Waals surface area (Å²) < 4.78 is 32.2. The summed E-state index contributed by atoms with van der Waals surface area (Å²) in [5.41, 5.74) is 2.01. The number of nitrogens with zero attached hydrogens (tertiary/aromatic N) is 1. The predicted molar refractivity (Wildman–Crippen MR) is 99.9 cm³/mol.